The van der Waals surface area contributed by atoms with E-state index < -0.39 is 0 Å². The van der Waals surface area contributed by atoms with Crippen LogP contribution in [0.4, 0.5) is 11.6 Å². The number of rotatable bonds is 6. The summed E-state index contributed by atoms with van der Waals surface area (Å²) >= 11 is 0. The van der Waals surface area contributed by atoms with Gasteiger partial charge >= 0.3 is 0 Å². The number of anilines is 2. The monoisotopic (exact) mass is 444 g/mol. The van der Waals surface area contributed by atoms with Crippen LogP contribution in [0.1, 0.15) is 30.1 Å². The molecular weight excluding hydrogens is 412 g/mol. The Morgan fingerprint density at radius 2 is 1.73 bits per heavy atom. The molecule has 2 fully saturated rings. The minimum atomic E-state index is -0.0326. The molecule has 0 aliphatic carbocycles. The van der Waals surface area contributed by atoms with Crippen LogP contribution in [0.3, 0.4) is 0 Å². The first-order valence-corrected chi connectivity index (χ1v) is 12.0. The van der Waals surface area contributed by atoms with E-state index in [0.717, 1.165) is 81.2 Å². The van der Waals surface area contributed by atoms with Crippen molar-refractivity contribution in [2.75, 3.05) is 55.6 Å². The molecule has 0 saturated carbocycles. The molecule has 2 aliphatic heterocycles. The summed E-state index contributed by atoms with van der Waals surface area (Å²) < 4.78 is 0. The van der Waals surface area contributed by atoms with Gasteiger partial charge in [-0.3, -0.25) is 9.69 Å². The van der Waals surface area contributed by atoms with Crippen molar-refractivity contribution >= 4 is 28.4 Å². The largest absolute Gasteiger partial charge is 0.356 e. The van der Waals surface area contributed by atoms with Gasteiger partial charge in [0.1, 0.15) is 11.6 Å². The fourth-order valence-electron chi connectivity index (χ4n) is 4.88. The molecule has 172 valence electrons. The van der Waals surface area contributed by atoms with Crippen molar-refractivity contribution < 1.29 is 4.79 Å². The average molecular weight is 445 g/mol. The van der Waals surface area contributed by atoms with E-state index in [0.29, 0.717) is 5.56 Å². The Labute approximate surface area is 195 Å². The summed E-state index contributed by atoms with van der Waals surface area (Å²) in [4.78, 5) is 29.7. The molecule has 1 unspecified atom stereocenters. The number of nitrogens with one attached hydrogen (secondary N) is 1. The summed E-state index contributed by atoms with van der Waals surface area (Å²) in [6.45, 7) is 8.68. The van der Waals surface area contributed by atoms with Gasteiger partial charge in [0, 0.05) is 63.4 Å². The van der Waals surface area contributed by atoms with Gasteiger partial charge in [-0.1, -0.05) is 24.3 Å². The molecule has 0 radical (unpaired) electrons. The summed E-state index contributed by atoms with van der Waals surface area (Å²) in [5.74, 6) is 1.83. The average Bonchev–Trinajstić information content (AvgIpc) is 3.39. The van der Waals surface area contributed by atoms with E-state index in [1.165, 1.54) is 0 Å². The van der Waals surface area contributed by atoms with Crippen molar-refractivity contribution in [3.8, 4) is 0 Å². The molecule has 5 rings (SSSR count). The molecule has 1 amide bonds. The zero-order chi connectivity index (χ0) is 22.6. The van der Waals surface area contributed by atoms with Gasteiger partial charge in [0.05, 0.1) is 11.1 Å². The Morgan fingerprint density at radius 3 is 2.48 bits per heavy atom. The molecule has 3 aromatic rings. The normalized spacial score (nSPS) is 18.0. The van der Waals surface area contributed by atoms with Gasteiger partial charge in [-0.25, -0.2) is 9.97 Å². The molecule has 4 heterocycles. The number of fused-ring (bicyclic) bond motifs is 1. The van der Waals surface area contributed by atoms with Crippen LogP contribution in [-0.2, 0) is 0 Å². The van der Waals surface area contributed by atoms with E-state index in [1.54, 1.807) is 0 Å². The summed E-state index contributed by atoms with van der Waals surface area (Å²) in [5, 5.41) is 4.25. The molecule has 2 saturated heterocycles. The highest BCUT2D eigenvalue weighted by Gasteiger charge is 2.24. The first kappa shape index (κ1) is 21.6. The minimum Gasteiger partial charge on any atom is -0.356 e. The van der Waals surface area contributed by atoms with Crippen LogP contribution in [0.2, 0.25) is 0 Å². The van der Waals surface area contributed by atoms with Crippen LogP contribution in [0.5, 0.6) is 0 Å². The third kappa shape index (κ3) is 4.93. The lowest BCUT2D eigenvalue weighted by molar-refractivity contribution is 0.0928. The van der Waals surface area contributed by atoms with E-state index in [1.807, 2.05) is 48.7 Å². The number of pyridine rings is 2. The van der Waals surface area contributed by atoms with E-state index in [9.17, 15) is 4.79 Å². The molecule has 2 aromatic heterocycles. The lowest BCUT2D eigenvalue weighted by Crippen LogP contribution is -2.51. The molecule has 33 heavy (non-hydrogen) atoms. The topological polar surface area (TPSA) is 64.6 Å². The molecule has 1 N–H and O–H groups in total. The number of hydrogen-bond acceptors (Lipinski definition) is 6. The number of carbonyl (C=O) groups is 1. The van der Waals surface area contributed by atoms with E-state index in [2.05, 4.69) is 38.0 Å². The van der Waals surface area contributed by atoms with Gasteiger partial charge in [0.15, 0.2) is 0 Å². The van der Waals surface area contributed by atoms with Crippen LogP contribution in [0, 0.1) is 0 Å². The summed E-state index contributed by atoms with van der Waals surface area (Å²) in [7, 11) is 0. The number of amides is 1. The second-order valence-electron chi connectivity index (χ2n) is 9.10. The van der Waals surface area contributed by atoms with Crippen LogP contribution >= 0.6 is 0 Å². The fraction of sp³-hybridized carbons (Fsp3) is 0.423. The van der Waals surface area contributed by atoms with Crippen molar-refractivity contribution in [3.05, 3.63) is 60.3 Å². The van der Waals surface area contributed by atoms with Crippen LogP contribution in [0.25, 0.3) is 10.9 Å². The van der Waals surface area contributed by atoms with Crippen molar-refractivity contribution in [3.63, 3.8) is 0 Å². The third-order valence-corrected chi connectivity index (χ3v) is 6.61. The maximum atomic E-state index is 13.3. The Balaban J connectivity index is 1.23. The maximum Gasteiger partial charge on any atom is 0.255 e. The lowest BCUT2D eigenvalue weighted by atomic mass is 10.1. The third-order valence-electron chi connectivity index (χ3n) is 6.61. The highest BCUT2D eigenvalue weighted by Crippen LogP contribution is 2.26. The van der Waals surface area contributed by atoms with Crippen LogP contribution < -0.4 is 15.1 Å². The molecule has 2 aliphatic rings. The predicted octanol–water partition coefficient (Wildman–Crippen LogP) is 3.17. The van der Waals surface area contributed by atoms with E-state index in [4.69, 9.17) is 4.98 Å². The van der Waals surface area contributed by atoms with E-state index in [-0.39, 0.29) is 11.9 Å². The number of benzene rings is 1. The Kier molecular flexibility index (Phi) is 6.39. The van der Waals surface area contributed by atoms with Crippen LogP contribution in [0.15, 0.2) is 54.7 Å². The molecule has 7 nitrogen and oxygen atoms in total. The number of piperazine rings is 1. The first-order chi connectivity index (χ1) is 16.2. The Hall–Kier alpha value is -3.19. The second-order valence-corrected chi connectivity index (χ2v) is 9.10. The molecule has 1 aromatic carbocycles. The molecule has 0 spiro atoms. The van der Waals surface area contributed by atoms with Crippen molar-refractivity contribution in [2.24, 2.45) is 0 Å². The van der Waals surface area contributed by atoms with Gasteiger partial charge in [0.25, 0.3) is 5.91 Å². The lowest BCUT2D eigenvalue weighted by Gasteiger charge is -2.36. The highest BCUT2D eigenvalue weighted by atomic mass is 16.1. The zero-order valence-electron chi connectivity index (χ0n) is 19.3. The quantitative estimate of drug-likeness (QED) is 0.630. The smallest absolute Gasteiger partial charge is 0.255 e. The van der Waals surface area contributed by atoms with Crippen molar-refractivity contribution in [1.29, 1.82) is 0 Å². The number of hydrogen-bond donors (Lipinski definition) is 1. The predicted molar refractivity (Wildman–Crippen MR) is 133 cm³/mol. The fourth-order valence-corrected chi connectivity index (χ4v) is 4.88. The summed E-state index contributed by atoms with van der Waals surface area (Å²) in [5.41, 5.74) is 1.62. The summed E-state index contributed by atoms with van der Waals surface area (Å²) in [6.07, 6.45) is 4.14. The van der Waals surface area contributed by atoms with Gasteiger partial charge in [-0.15, -0.1) is 0 Å². The second kappa shape index (κ2) is 9.75. The Morgan fingerprint density at radius 1 is 0.970 bits per heavy atom. The van der Waals surface area contributed by atoms with Crippen molar-refractivity contribution in [2.45, 2.75) is 25.8 Å². The standard InChI is InChI=1S/C26H32N6O/c1-20(19-30-14-16-31(17-15-30)24-10-4-5-11-27-24)28-26(33)22-18-21-8-2-3-9-23(21)29-25(22)32-12-6-7-13-32/h2-5,8-11,18,20H,6-7,12-17,19H2,1H3,(H,28,33). The van der Waals surface area contributed by atoms with Gasteiger partial charge in [-0.05, 0) is 44.0 Å². The SMILES string of the molecule is CC(CN1CCN(c2ccccn2)CC1)NC(=O)c1cc2ccccc2nc1N1CCCC1. The Bertz CT molecular complexity index is 1090. The maximum absolute atomic E-state index is 13.3. The zero-order valence-corrected chi connectivity index (χ0v) is 19.3. The highest BCUT2D eigenvalue weighted by molar-refractivity contribution is 6.02. The van der Waals surface area contributed by atoms with Gasteiger partial charge in [-0.2, -0.15) is 0 Å². The molecule has 7 heteroatoms. The minimum absolute atomic E-state index is 0.0326. The van der Waals surface area contributed by atoms with Gasteiger partial charge in [0.2, 0.25) is 0 Å². The van der Waals surface area contributed by atoms with Crippen molar-refractivity contribution in [1.82, 2.24) is 20.2 Å². The number of aromatic nitrogens is 2. The molecular formula is C26H32N6O. The molecule has 1 atom stereocenters. The van der Waals surface area contributed by atoms with Crippen LogP contribution in [-0.4, -0.2) is 72.6 Å². The van der Waals surface area contributed by atoms with Gasteiger partial charge < -0.3 is 15.1 Å². The van der Waals surface area contributed by atoms with E-state index >= 15 is 0 Å². The number of para-hydroxylation sites is 1. The first-order valence-electron chi connectivity index (χ1n) is 12.0. The number of carbonyl (C=O) groups excluding carboxylic acids is 1. The summed E-state index contributed by atoms with van der Waals surface area (Å²) in [6, 6.07) is 16.1. The molecule has 0 bridgehead atoms. The number of nitrogens with zero attached hydrogens (tertiary/aromatic N) is 5.